The molecular formula is C27H25N3O2S. The van der Waals surface area contributed by atoms with E-state index in [0.717, 1.165) is 45.9 Å². The molecule has 2 aromatic carbocycles. The maximum atomic E-state index is 12.6. The van der Waals surface area contributed by atoms with E-state index in [2.05, 4.69) is 22.1 Å². The van der Waals surface area contributed by atoms with Gasteiger partial charge in [-0.1, -0.05) is 36.4 Å². The van der Waals surface area contributed by atoms with Crippen LogP contribution in [-0.4, -0.2) is 20.3 Å². The molecule has 0 bridgehead atoms. The number of carbonyl (C=O) groups excluding carboxylic acids is 1. The van der Waals surface area contributed by atoms with Crippen molar-refractivity contribution in [1.29, 1.82) is 0 Å². The van der Waals surface area contributed by atoms with Crippen molar-refractivity contribution >= 4 is 17.5 Å². The van der Waals surface area contributed by atoms with E-state index < -0.39 is 0 Å². The van der Waals surface area contributed by atoms with Crippen LogP contribution in [0, 0.1) is 0 Å². The highest BCUT2D eigenvalue weighted by Gasteiger charge is 2.24. The standard InChI is InChI=1S/C27H25N3O2S/c31-24-10-6-9-21-22(24)12-13-25(23(21)18-33-27-11-4-5-14-29-27)32-26(17-30-16-15-28-19-30)20-7-2-1-3-8-20/h1-5,7-8,11-16,19,26H,6,9-10,17-18H2. The van der Waals surface area contributed by atoms with E-state index in [1.807, 2.05) is 65.6 Å². The molecule has 0 spiro atoms. The van der Waals surface area contributed by atoms with E-state index >= 15 is 0 Å². The molecule has 6 heteroatoms. The molecule has 2 aromatic heterocycles. The molecule has 5 rings (SSSR count). The van der Waals surface area contributed by atoms with Gasteiger partial charge in [0.05, 0.1) is 17.9 Å². The lowest BCUT2D eigenvalue weighted by Crippen LogP contribution is -2.18. The minimum atomic E-state index is -0.184. The Kier molecular flexibility index (Phi) is 6.53. The van der Waals surface area contributed by atoms with Crippen molar-refractivity contribution in [2.24, 2.45) is 0 Å². The van der Waals surface area contributed by atoms with Crippen molar-refractivity contribution < 1.29 is 9.53 Å². The lowest BCUT2D eigenvalue weighted by atomic mass is 9.87. The van der Waals surface area contributed by atoms with Gasteiger partial charge in [-0.2, -0.15) is 0 Å². The summed E-state index contributed by atoms with van der Waals surface area (Å²) in [6, 6.07) is 20.1. The van der Waals surface area contributed by atoms with Crippen LogP contribution in [0.2, 0.25) is 0 Å². The number of hydrogen-bond donors (Lipinski definition) is 0. The second kappa shape index (κ2) is 10.0. The number of hydrogen-bond acceptors (Lipinski definition) is 5. The first-order valence-electron chi connectivity index (χ1n) is 11.2. The molecule has 1 aliphatic carbocycles. The fraction of sp³-hybridized carbons (Fsp3) is 0.222. The van der Waals surface area contributed by atoms with Crippen LogP contribution in [-0.2, 0) is 18.7 Å². The minimum absolute atomic E-state index is 0.184. The lowest BCUT2D eigenvalue weighted by molar-refractivity contribution is 0.0972. The molecule has 2 heterocycles. The average molecular weight is 456 g/mol. The fourth-order valence-electron chi connectivity index (χ4n) is 4.24. The first-order valence-corrected chi connectivity index (χ1v) is 12.2. The third-order valence-electron chi connectivity index (χ3n) is 5.90. The smallest absolute Gasteiger partial charge is 0.163 e. The molecule has 33 heavy (non-hydrogen) atoms. The van der Waals surface area contributed by atoms with Crippen molar-refractivity contribution in [3.8, 4) is 5.75 Å². The molecular weight excluding hydrogens is 430 g/mol. The number of imidazole rings is 1. The number of carbonyl (C=O) groups is 1. The van der Waals surface area contributed by atoms with Crippen LogP contribution < -0.4 is 4.74 Å². The second-order valence-electron chi connectivity index (χ2n) is 8.08. The maximum Gasteiger partial charge on any atom is 0.163 e. The topological polar surface area (TPSA) is 57.0 Å². The lowest BCUT2D eigenvalue weighted by Gasteiger charge is -2.25. The molecule has 166 valence electrons. The van der Waals surface area contributed by atoms with E-state index in [-0.39, 0.29) is 11.9 Å². The van der Waals surface area contributed by atoms with Gasteiger partial charge in [-0.25, -0.2) is 9.97 Å². The highest BCUT2D eigenvalue weighted by molar-refractivity contribution is 7.98. The summed E-state index contributed by atoms with van der Waals surface area (Å²) >= 11 is 1.67. The van der Waals surface area contributed by atoms with Crippen molar-refractivity contribution in [2.75, 3.05) is 0 Å². The molecule has 1 atom stereocenters. The zero-order chi connectivity index (χ0) is 22.5. The first kappa shape index (κ1) is 21.5. The Morgan fingerprint density at radius 3 is 2.67 bits per heavy atom. The van der Waals surface area contributed by atoms with Gasteiger partial charge in [0.25, 0.3) is 0 Å². The van der Waals surface area contributed by atoms with Gasteiger partial charge in [-0.3, -0.25) is 4.79 Å². The zero-order valence-corrected chi connectivity index (χ0v) is 19.1. The minimum Gasteiger partial charge on any atom is -0.484 e. The molecule has 4 aromatic rings. The molecule has 0 saturated heterocycles. The van der Waals surface area contributed by atoms with Gasteiger partial charge in [0, 0.05) is 41.9 Å². The third kappa shape index (κ3) is 5.01. The number of benzene rings is 2. The monoisotopic (exact) mass is 455 g/mol. The molecule has 1 aliphatic rings. The largest absolute Gasteiger partial charge is 0.484 e. The number of nitrogens with zero attached hydrogens (tertiary/aromatic N) is 3. The molecule has 1 unspecified atom stereocenters. The summed E-state index contributed by atoms with van der Waals surface area (Å²) in [6.07, 6.45) is 9.55. The van der Waals surface area contributed by atoms with E-state index in [0.29, 0.717) is 18.7 Å². The quantitative estimate of drug-likeness (QED) is 0.309. The SMILES string of the molecule is O=C1CCCc2c1ccc(OC(Cn1ccnc1)c1ccccc1)c2CSc1ccccn1. The normalized spacial score (nSPS) is 14.0. The van der Waals surface area contributed by atoms with Gasteiger partial charge in [0.1, 0.15) is 11.9 Å². The average Bonchev–Trinajstić information content (AvgIpc) is 3.37. The number of thioether (sulfide) groups is 1. The second-order valence-corrected chi connectivity index (χ2v) is 9.07. The van der Waals surface area contributed by atoms with E-state index in [1.165, 1.54) is 0 Å². The van der Waals surface area contributed by atoms with Crippen molar-refractivity contribution in [3.05, 3.63) is 108 Å². The highest BCUT2D eigenvalue weighted by atomic mass is 32.2. The first-order chi connectivity index (χ1) is 16.3. The summed E-state index contributed by atoms with van der Waals surface area (Å²) in [4.78, 5) is 21.2. The highest BCUT2D eigenvalue weighted by Crippen LogP contribution is 2.37. The van der Waals surface area contributed by atoms with Crippen LogP contribution in [0.25, 0.3) is 0 Å². The van der Waals surface area contributed by atoms with Crippen molar-refractivity contribution in [2.45, 2.75) is 42.7 Å². The Morgan fingerprint density at radius 1 is 1.00 bits per heavy atom. The van der Waals surface area contributed by atoms with E-state index in [1.54, 1.807) is 24.2 Å². The van der Waals surface area contributed by atoms with Crippen molar-refractivity contribution in [3.63, 3.8) is 0 Å². The van der Waals surface area contributed by atoms with Crippen LogP contribution in [0.4, 0.5) is 0 Å². The number of pyridine rings is 1. The van der Waals surface area contributed by atoms with Crippen LogP contribution in [0.3, 0.4) is 0 Å². The Morgan fingerprint density at radius 2 is 1.88 bits per heavy atom. The van der Waals surface area contributed by atoms with E-state index in [4.69, 9.17) is 4.74 Å². The van der Waals surface area contributed by atoms with Crippen LogP contribution in [0.5, 0.6) is 5.75 Å². The van der Waals surface area contributed by atoms with Gasteiger partial charge < -0.3 is 9.30 Å². The Labute approximate surface area is 197 Å². The molecule has 0 radical (unpaired) electrons. The third-order valence-corrected chi connectivity index (χ3v) is 6.87. The molecule has 5 nitrogen and oxygen atoms in total. The molecule has 0 saturated carbocycles. The van der Waals surface area contributed by atoms with Gasteiger partial charge in [0.15, 0.2) is 5.78 Å². The number of Topliss-reactive ketones (excluding diaryl/α,β-unsaturated/α-hetero) is 1. The number of ether oxygens (including phenoxy) is 1. The Balaban J connectivity index is 1.50. The van der Waals surface area contributed by atoms with E-state index in [9.17, 15) is 4.79 Å². The van der Waals surface area contributed by atoms with Crippen LogP contribution in [0.15, 0.2) is 90.6 Å². The fourth-order valence-corrected chi connectivity index (χ4v) is 5.16. The van der Waals surface area contributed by atoms with Gasteiger partial charge >= 0.3 is 0 Å². The summed E-state index contributed by atoms with van der Waals surface area (Å²) in [5.41, 5.74) is 4.17. The maximum absolute atomic E-state index is 12.6. The van der Waals surface area contributed by atoms with Gasteiger partial charge in [-0.15, -0.1) is 11.8 Å². The number of fused-ring (bicyclic) bond motifs is 1. The molecule has 0 amide bonds. The number of aromatic nitrogens is 3. The predicted octanol–water partition coefficient (Wildman–Crippen LogP) is 5.91. The predicted molar refractivity (Wildman–Crippen MR) is 130 cm³/mol. The summed E-state index contributed by atoms with van der Waals surface area (Å²) in [7, 11) is 0. The summed E-state index contributed by atoms with van der Waals surface area (Å²) in [5.74, 6) is 1.76. The Bertz CT molecular complexity index is 1210. The Hall–Kier alpha value is -3.38. The number of ketones is 1. The summed E-state index contributed by atoms with van der Waals surface area (Å²) < 4.78 is 8.73. The molecule has 0 N–H and O–H groups in total. The molecule has 0 aliphatic heterocycles. The van der Waals surface area contributed by atoms with Gasteiger partial charge in [0.2, 0.25) is 0 Å². The molecule has 0 fully saturated rings. The summed E-state index contributed by atoms with van der Waals surface area (Å²) in [5, 5.41) is 0.959. The summed E-state index contributed by atoms with van der Waals surface area (Å²) in [6.45, 7) is 0.646. The van der Waals surface area contributed by atoms with Crippen molar-refractivity contribution in [1.82, 2.24) is 14.5 Å². The zero-order valence-electron chi connectivity index (χ0n) is 18.3. The van der Waals surface area contributed by atoms with Crippen LogP contribution >= 0.6 is 11.8 Å². The number of rotatable bonds is 8. The van der Waals surface area contributed by atoms with Crippen LogP contribution in [0.1, 0.15) is 46.0 Å². The van der Waals surface area contributed by atoms with Gasteiger partial charge in [-0.05, 0) is 48.2 Å².